The first-order valence-corrected chi connectivity index (χ1v) is 8.33. The van der Waals surface area contributed by atoms with E-state index in [0.717, 1.165) is 11.3 Å². The maximum Gasteiger partial charge on any atom is 0.255 e. The summed E-state index contributed by atoms with van der Waals surface area (Å²) in [4.78, 5) is 16.5. The average Bonchev–Trinajstić information content (AvgIpc) is 2.61. The lowest BCUT2D eigenvalue weighted by atomic mass is 10.2. The van der Waals surface area contributed by atoms with E-state index in [1.165, 1.54) is 0 Å². The van der Waals surface area contributed by atoms with Gasteiger partial charge in [-0.1, -0.05) is 29.3 Å². The number of benzene rings is 2. The quantitative estimate of drug-likeness (QED) is 0.618. The third kappa shape index (κ3) is 4.29. The molecule has 3 aromatic rings. The number of rotatable bonds is 4. The molecule has 25 heavy (non-hydrogen) atoms. The van der Waals surface area contributed by atoms with Crippen molar-refractivity contribution in [2.45, 2.75) is 6.92 Å². The van der Waals surface area contributed by atoms with Crippen molar-refractivity contribution in [3.05, 3.63) is 82.0 Å². The fourth-order valence-corrected chi connectivity index (χ4v) is 2.53. The van der Waals surface area contributed by atoms with Gasteiger partial charge in [-0.05, 0) is 61.0 Å². The minimum atomic E-state index is -0.218. The SMILES string of the molecule is Cc1c(Cl)cccc1Nc1ccc(NC(=O)c2ccc(Cl)cc2)cn1. The molecule has 3 rings (SSSR count). The van der Waals surface area contributed by atoms with E-state index in [2.05, 4.69) is 15.6 Å². The molecule has 0 spiro atoms. The van der Waals surface area contributed by atoms with Crippen LogP contribution < -0.4 is 10.6 Å². The fraction of sp³-hybridized carbons (Fsp3) is 0.0526. The molecule has 0 unspecified atom stereocenters. The summed E-state index contributed by atoms with van der Waals surface area (Å²) in [5.74, 6) is 0.444. The Morgan fingerprint density at radius 2 is 1.76 bits per heavy atom. The number of nitrogens with zero attached hydrogens (tertiary/aromatic N) is 1. The van der Waals surface area contributed by atoms with Crippen molar-refractivity contribution in [2.75, 3.05) is 10.6 Å². The van der Waals surface area contributed by atoms with E-state index >= 15 is 0 Å². The van der Waals surface area contributed by atoms with Gasteiger partial charge in [0.1, 0.15) is 5.82 Å². The highest BCUT2D eigenvalue weighted by molar-refractivity contribution is 6.31. The molecule has 0 fully saturated rings. The van der Waals surface area contributed by atoms with Crippen LogP contribution in [0.2, 0.25) is 10.0 Å². The predicted molar refractivity (Wildman–Crippen MR) is 103 cm³/mol. The van der Waals surface area contributed by atoms with Crippen molar-refractivity contribution >= 4 is 46.3 Å². The number of hydrogen-bond acceptors (Lipinski definition) is 3. The predicted octanol–water partition coefficient (Wildman–Crippen LogP) is 5.69. The molecule has 1 amide bonds. The molecule has 0 bridgehead atoms. The van der Waals surface area contributed by atoms with Gasteiger partial charge in [-0.25, -0.2) is 4.98 Å². The molecule has 2 aromatic carbocycles. The lowest BCUT2D eigenvalue weighted by Gasteiger charge is -2.11. The van der Waals surface area contributed by atoms with Crippen molar-refractivity contribution in [3.8, 4) is 0 Å². The molecule has 126 valence electrons. The van der Waals surface area contributed by atoms with E-state index in [9.17, 15) is 4.79 Å². The largest absolute Gasteiger partial charge is 0.340 e. The van der Waals surface area contributed by atoms with Gasteiger partial charge in [-0.3, -0.25) is 4.79 Å². The Kier molecular flexibility index (Phi) is 5.22. The number of anilines is 3. The van der Waals surface area contributed by atoms with Crippen molar-refractivity contribution in [2.24, 2.45) is 0 Å². The highest BCUT2D eigenvalue weighted by Crippen LogP contribution is 2.25. The first-order chi connectivity index (χ1) is 12.0. The molecule has 0 saturated carbocycles. The van der Waals surface area contributed by atoms with Crippen molar-refractivity contribution in [3.63, 3.8) is 0 Å². The summed E-state index contributed by atoms with van der Waals surface area (Å²) >= 11 is 11.9. The Morgan fingerprint density at radius 1 is 1.00 bits per heavy atom. The van der Waals surface area contributed by atoms with Crippen molar-refractivity contribution in [1.29, 1.82) is 0 Å². The molecule has 0 radical (unpaired) electrons. The minimum absolute atomic E-state index is 0.218. The molecule has 0 atom stereocenters. The van der Waals surface area contributed by atoms with Crippen LogP contribution in [0.15, 0.2) is 60.8 Å². The Balaban J connectivity index is 1.69. The lowest BCUT2D eigenvalue weighted by Crippen LogP contribution is -2.11. The van der Waals surface area contributed by atoms with Crippen LogP contribution in [0.4, 0.5) is 17.2 Å². The van der Waals surface area contributed by atoms with Gasteiger partial charge in [0.15, 0.2) is 0 Å². The second-order valence-electron chi connectivity index (χ2n) is 5.43. The lowest BCUT2D eigenvalue weighted by molar-refractivity contribution is 0.102. The van der Waals surface area contributed by atoms with Gasteiger partial charge < -0.3 is 10.6 Å². The number of carbonyl (C=O) groups is 1. The molecule has 1 aromatic heterocycles. The Morgan fingerprint density at radius 3 is 2.44 bits per heavy atom. The molecular weight excluding hydrogens is 357 g/mol. The fourth-order valence-electron chi connectivity index (χ4n) is 2.23. The monoisotopic (exact) mass is 371 g/mol. The minimum Gasteiger partial charge on any atom is -0.340 e. The van der Waals surface area contributed by atoms with E-state index in [1.54, 1.807) is 42.6 Å². The Bertz CT molecular complexity index is 894. The number of pyridine rings is 1. The molecular formula is C19H15Cl2N3O. The molecule has 0 aliphatic rings. The van der Waals surface area contributed by atoms with E-state index in [-0.39, 0.29) is 5.91 Å². The maximum absolute atomic E-state index is 12.2. The van der Waals surface area contributed by atoms with Gasteiger partial charge in [0.2, 0.25) is 0 Å². The summed E-state index contributed by atoms with van der Waals surface area (Å²) < 4.78 is 0. The zero-order chi connectivity index (χ0) is 17.8. The van der Waals surface area contributed by atoms with Crippen LogP contribution in [-0.4, -0.2) is 10.9 Å². The topological polar surface area (TPSA) is 54.0 Å². The van der Waals surface area contributed by atoms with E-state index < -0.39 is 0 Å². The van der Waals surface area contributed by atoms with Gasteiger partial charge in [0.05, 0.1) is 11.9 Å². The van der Waals surface area contributed by atoms with Crippen LogP contribution in [0, 0.1) is 6.92 Å². The van der Waals surface area contributed by atoms with Crippen LogP contribution >= 0.6 is 23.2 Å². The molecule has 0 aliphatic carbocycles. The molecule has 1 heterocycles. The highest BCUT2D eigenvalue weighted by Gasteiger charge is 2.07. The number of nitrogens with one attached hydrogen (secondary N) is 2. The Labute approximate surface area is 155 Å². The molecule has 6 heteroatoms. The molecule has 0 aliphatic heterocycles. The second kappa shape index (κ2) is 7.55. The third-order valence-electron chi connectivity index (χ3n) is 3.66. The number of hydrogen-bond donors (Lipinski definition) is 2. The normalized spacial score (nSPS) is 10.4. The summed E-state index contributed by atoms with van der Waals surface area (Å²) in [5.41, 5.74) is 2.97. The first-order valence-electron chi connectivity index (χ1n) is 7.58. The van der Waals surface area contributed by atoms with Crippen LogP contribution in [-0.2, 0) is 0 Å². The van der Waals surface area contributed by atoms with Crippen molar-refractivity contribution < 1.29 is 4.79 Å². The van der Waals surface area contributed by atoms with Crippen molar-refractivity contribution in [1.82, 2.24) is 4.98 Å². The van der Waals surface area contributed by atoms with E-state index in [0.29, 0.717) is 27.1 Å². The van der Waals surface area contributed by atoms with Gasteiger partial charge >= 0.3 is 0 Å². The molecule has 4 nitrogen and oxygen atoms in total. The van der Waals surface area contributed by atoms with Crippen LogP contribution in [0.3, 0.4) is 0 Å². The summed E-state index contributed by atoms with van der Waals surface area (Å²) in [6.45, 7) is 1.94. The zero-order valence-corrected chi connectivity index (χ0v) is 14.9. The van der Waals surface area contributed by atoms with E-state index in [1.807, 2.05) is 25.1 Å². The summed E-state index contributed by atoms with van der Waals surface area (Å²) in [6, 6.07) is 15.9. The maximum atomic E-state index is 12.2. The molecule has 2 N–H and O–H groups in total. The summed E-state index contributed by atoms with van der Waals surface area (Å²) in [5, 5.41) is 7.28. The van der Waals surface area contributed by atoms with Gasteiger partial charge in [0, 0.05) is 21.3 Å². The van der Waals surface area contributed by atoms with Crippen LogP contribution in [0.5, 0.6) is 0 Å². The van der Waals surface area contributed by atoms with Crippen LogP contribution in [0.1, 0.15) is 15.9 Å². The molecule has 0 saturated heterocycles. The van der Waals surface area contributed by atoms with E-state index in [4.69, 9.17) is 23.2 Å². The van der Waals surface area contributed by atoms with Gasteiger partial charge in [-0.2, -0.15) is 0 Å². The number of aromatic nitrogens is 1. The average molecular weight is 372 g/mol. The number of halogens is 2. The first kappa shape index (κ1) is 17.3. The standard InChI is InChI=1S/C19H15Cl2N3O/c1-12-16(21)3-2-4-17(12)24-18-10-9-15(11-22-18)23-19(25)13-5-7-14(20)8-6-13/h2-11H,1H3,(H,22,24)(H,23,25). The van der Waals surface area contributed by atoms with Gasteiger partial charge in [0.25, 0.3) is 5.91 Å². The number of amides is 1. The third-order valence-corrected chi connectivity index (χ3v) is 4.32. The number of carbonyl (C=O) groups excluding carboxylic acids is 1. The highest BCUT2D eigenvalue weighted by atomic mass is 35.5. The van der Waals surface area contributed by atoms with Gasteiger partial charge in [-0.15, -0.1) is 0 Å². The summed E-state index contributed by atoms with van der Waals surface area (Å²) in [6.07, 6.45) is 1.59. The smallest absolute Gasteiger partial charge is 0.255 e. The second-order valence-corrected chi connectivity index (χ2v) is 6.27. The summed E-state index contributed by atoms with van der Waals surface area (Å²) in [7, 11) is 0. The van der Waals surface area contributed by atoms with Crippen LogP contribution in [0.25, 0.3) is 0 Å². The Hall–Kier alpha value is -2.56. The zero-order valence-electron chi connectivity index (χ0n) is 13.4.